The summed E-state index contributed by atoms with van der Waals surface area (Å²) in [6.45, 7) is 6.74. The number of aryl methyl sites for hydroxylation is 1. The number of carbonyl (C=O) groups excluding carboxylic acids is 1. The second-order valence-corrected chi connectivity index (χ2v) is 6.05. The van der Waals surface area contributed by atoms with Crippen molar-refractivity contribution >= 4 is 5.91 Å². The molecule has 0 bridgehead atoms. The number of hydrogen-bond acceptors (Lipinski definition) is 2. The molecule has 1 unspecified atom stereocenters. The Balaban J connectivity index is 1.77. The monoisotopic (exact) mass is 297 g/mol. The van der Waals surface area contributed by atoms with Crippen molar-refractivity contribution in [2.75, 3.05) is 13.1 Å². The number of likely N-dealkylation sites (tertiary alicyclic amines) is 1. The average molecular weight is 297 g/mol. The van der Waals surface area contributed by atoms with Crippen molar-refractivity contribution in [2.24, 2.45) is 5.92 Å². The zero-order chi connectivity index (χ0) is 15.5. The molecule has 1 aromatic heterocycles. The molecule has 0 spiro atoms. The Labute approximate surface area is 131 Å². The maximum atomic E-state index is 11.8. The van der Waals surface area contributed by atoms with Gasteiger partial charge in [-0.15, -0.1) is 0 Å². The normalized spacial score (nSPS) is 17.9. The van der Waals surface area contributed by atoms with Crippen LogP contribution in [0.15, 0.2) is 36.5 Å². The van der Waals surface area contributed by atoms with Crippen LogP contribution >= 0.6 is 0 Å². The Kier molecular flexibility index (Phi) is 4.27. The van der Waals surface area contributed by atoms with Crippen molar-refractivity contribution in [3.63, 3.8) is 0 Å². The second-order valence-electron chi connectivity index (χ2n) is 6.05. The predicted octanol–water partition coefficient (Wildman–Crippen LogP) is 3.12. The van der Waals surface area contributed by atoms with Gasteiger partial charge in [-0.3, -0.25) is 4.79 Å². The molecule has 4 nitrogen and oxygen atoms in total. The lowest BCUT2D eigenvalue weighted by Gasteiger charge is -2.17. The Morgan fingerprint density at radius 2 is 2.09 bits per heavy atom. The van der Waals surface area contributed by atoms with Gasteiger partial charge in [0.05, 0.1) is 0 Å². The van der Waals surface area contributed by atoms with Crippen LogP contribution < -0.4 is 0 Å². The molecule has 1 aromatic carbocycles. The first-order valence-electron chi connectivity index (χ1n) is 8.04. The molecule has 1 saturated heterocycles. The third-order valence-corrected chi connectivity index (χ3v) is 4.47. The number of aromatic nitrogens is 2. The van der Waals surface area contributed by atoms with Crippen molar-refractivity contribution in [1.29, 1.82) is 0 Å². The number of amides is 1. The van der Waals surface area contributed by atoms with Gasteiger partial charge in [-0.1, -0.05) is 37.3 Å². The molecule has 0 aliphatic carbocycles. The summed E-state index contributed by atoms with van der Waals surface area (Å²) < 4.78 is 2.29. The smallest absolute Gasteiger partial charge is 0.222 e. The molecule has 0 radical (unpaired) electrons. The van der Waals surface area contributed by atoms with Gasteiger partial charge in [-0.2, -0.15) is 0 Å². The molecular formula is C18H23N3O. The first-order valence-corrected chi connectivity index (χ1v) is 8.04. The van der Waals surface area contributed by atoms with E-state index >= 15 is 0 Å². The second kappa shape index (κ2) is 6.34. The number of nitrogens with zero attached hydrogens (tertiary/aromatic N) is 3. The minimum absolute atomic E-state index is 0.271. The van der Waals surface area contributed by atoms with E-state index in [0.29, 0.717) is 12.3 Å². The van der Waals surface area contributed by atoms with Gasteiger partial charge in [0.2, 0.25) is 5.91 Å². The van der Waals surface area contributed by atoms with Gasteiger partial charge in [0.15, 0.2) is 0 Å². The molecule has 116 valence electrons. The van der Waals surface area contributed by atoms with E-state index in [1.807, 2.05) is 36.2 Å². The summed E-state index contributed by atoms with van der Waals surface area (Å²) in [6, 6.07) is 10.3. The maximum absolute atomic E-state index is 11.8. The lowest BCUT2D eigenvalue weighted by molar-refractivity contribution is -0.129. The highest BCUT2D eigenvalue weighted by molar-refractivity contribution is 5.76. The minimum Gasteiger partial charge on any atom is -0.342 e. The summed E-state index contributed by atoms with van der Waals surface area (Å²) >= 11 is 0. The Bertz CT molecular complexity index is 648. The van der Waals surface area contributed by atoms with Crippen molar-refractivity contribution in [3.8, 4) is 11.4 Å². The number of carbonyl (C=O) groups is 1. The van der Waals surface area contributed by atoms with Crippen LogP contribution in [0, 0.1) is 12.8 Å². The van der Waals surface area contributed by atoms with Gasteiger partial charge in [-0.25, -0.2) is 4.98 Å². The van der Waals surface area contributed by atoms with E-state index in [0.717, 1.165) is 37.4 Å². The zero-order valence-electron chi connectivity index (χ0n) is 13.3. The lowest BCUT2D eigenvalue weighted by atomic mass is 10.1. The highest BCUT2D eigenvalue weighted by atomic mass is 16.2. The predicted molar refractivity (Wildman–Crippen MR) is 87.4 cm³/mol. The topological polar surface area (TPSA) is 38.1 Å². The van der Waals surface area contributed by atoms with E-state index in [-0.39, 0.29) is 5.91 Å². The molecule has 1 aliphatic heterocycles. The number of hydrogen-bond donors (Lipinski definition) is 0. The lowest BCUT2D eigenvalue weighted by Crippen LogP contribution is -2.28. The van der Waals surface area contributed by atoms with Crippen LogP contribution in [0.4, 0.5) is 0 Å². The fourth-order valence-corrected chi connectivity index (χ4v) is 3.20. The summed E-state index contributed by atoms with van der Waals surface area (Å²) in [5.74, 6) is 1.82. The third kappa shape index (κ3) is 2.91. The van der Waals surface area contributed by atoms with E-state index in [9.17, 15) is 4.79 Å². The quantitative estimate of drug-likeness (QED) is 0.869. The SMILES string of the molecule is CCC(=O)N1CCC(Cn2c(C)cnc2-c2ccccc2)C1. The highest BCUT2D eigenvalue weighted by Gasteiger charge is 2.26. The van der Waals surface area contributed by atoms with Crippen molar-refractivity contribution in [2.45, 2.75) is 33.2 Å². The van der Waals surface area contributed by atoms with Crippen molar-refractivity contribution < 1.29 is 4.79 Å². The average Bonchev–Trinajstić information content (AvgIpc) is 3.16. The highest BCUT2D eigenvalue weighted by Crippen LogP contribution is 2.24. The molecule has 22 heavy (non-hydrogen) atoms. The van der Waals surface area contributed by atoms with Gasteiger partial charge in [-0.05, 0) is 19.3 Å². The van der Waals surface area contributed by atoms with E-state index in [1.165, 1.54) is 5.69 Å². The molecule has 0 saturated carbocycles. The maximum Gasteiger partial charge on any atom is 0.222 e. The van der Waals surface area contributed by atoms with Crippen LogP contribution in [0.5, 0.6) is 0 Å². The van der Waals surface area contributed by atoms with Crippen LogP contribution in [0.1, 0.15) is 25.5 Å². The van der Waals surface area contributed by atoms with Gasteiger partial charge < -0.3 is 9.47 Å². The molecule has 3 rings (SSSR count). The number of imidazole rings is 1. The fraction of sp³-hybridized carbons (Fsp3) is 0.444. The molecule has 0 N–H and O–H groups in total. The van der Waals surface area contributed by atoms with E-state index in [2.05, 4.69) is 28.6 Å². The molecular weight excluding hydrogens is 274 g/mol. The molecule has 1 atom stereocenters. The van der Waals surface area contributed by atoms with Crippen LogP contribution in [0.2, 0.25) is 0 Å². The van der Waals surface area contributed by atoms with Crippen molar-refractivity contribution in [1.82, 2.24) is 14.5 Å². The van der Waals surface area contributed by atoms with Gasteiger partial charge >= 0.3 is 0 Å². The molecule has 1 amide bonds. The van der Waals surface area contributed by atoms with Crippen molar-refractivity contribution in [3.05, 3.63) is 42.2 Å². The van der Waals surface area contributed by atoms with E-state index in [1.54, 1.807) is 0 Å². The molecule has 2 heterocycles. The van der Waals surface area contributed by atoms with Gasteiger partial charge in [0, 0.05) is 43.5 Å². The Morgan fingerprint density at radius 3 is 2.82 bits per heavy atom. The van der Waals surface area contributed by atoms with Crippen LogP contribution in [0.25, 0.3) is 11.4 Å². The molecule has 1 fully saturated rings. The first kappa shape index (κ1) is 14.8. The summed E-state index contributed by atoms with van der Waals surface area (Å²) in [7, 11) is 0. The largest absolute Gasteiger partial charge is 0.342 e. The summed E-state index contributed by atoms with van der Waals surface area (Å²) in [6.07, 6.45) is 3.62. The van der Waals surface area contributed by atoms with Crippen LogP contribution in [0.3, 0.4) is 0 Å². The fourth-order valence-electron chi connectivity index (χ4n) is 3.20. The number of benzene rings is 1. The summed E-state index contributed by atoms with van der Waals surface area (Å²) in [5.41, 5.74) is 2.33. The van der Waals surface area contributed by atoms with E-state index in [4.69, 9.17) is 0 Å². The molecule has 1 aliphatic rings. The molecule has 2 aromatic rings. The Morgan fingerprint density at radius 1 is 1.32 bits per heavy atom. The van der Waals surface area contributed by atoms with Crippen LogP contribution in [-0.4, -0.2) is 33.4 Å². The summed E-state index contributed by atoms with van der Waals surface area (Å²) in [5, 5.41) is 0. The van der Waals surface area contributed by atoms with E-state index < -0.39 is 0 Å². The molecule has 4 heteroatoms. The zero-order valence-corrected chi connectivity index (χ0v) is 13.3. The Hall–Kier alpha value is -2.10. The standard InChI is InChI=1S/C18H23N3O/c1-3-17(22)20-10-9-15(12-20)13-21-14(2)11-19-18(21)16-7-5-4-6-8-16/h4-8,11,15H,3,9-10,12-13H2,1-2H3. The van der Waals surface area contributed by atoms with Crippen LogP contribution in [-0.2, 0) is 11.3 Å². The summed E-state index contributed by atoms with van der Waals surface area (Å²) in [4.78, 5) is 18.4. The minimum atomic E-state index is 0.271. The van der Waals surface area contributed by atoms with Gasteiger partial charge in [0.1, 0.15) is 5.82 Å². The number of rotatable bonds is 4. The third-order valence-electron chi connectivity index (χ3n) is 4.47. The first-order chi connectivity index (χ1) is 10.7. The van der Waals surface area contributed by atoms with Gasteiger partial charge in [0.25, 0.3) is 0 Å².